The van der Waals surface area contributed by atoms with Crippen molar-refractivity contribution in [2.75, 3.05) is 0 Å². The van der Waals surface area contributed by atoms with Crippen LogP contribution < -0.4 is 4.74 Å². The molecule has 2 aromatic heterocycles. The molecule has 4 aromatic rings. The second kappa shape index (κ2) is 9.16. The van der Waals surface area contributed by atoms with Crippen LogP contribution in [-0.2, 0) is 13.0 Å². The first-order valence-electron chi connectivity index (χ1n) is 9.32. The molecule has 0 bridgehead atoms. The van der Waals surface area contributed by atoms with Gasteiger partial charge in [-0.3, -0.25) is 0 Å². The first kappa shape index (κ1) is 19.6. The standard InChI is InChI=1S/C22H20Cl2N4O/c23-18-3-1-17(22(24)13-18)2-6-21(14-27-11-9-25-15-27)29-20-7-4-19(5-8-20)28-12-10-26-16-28/h1,3-5,7-13,15-16,21H,2,6,14H2. The number of imidazole rings is 2. The number of hydrogen-bond donors (Lipinski definition) is 0. The van der Waals surface area contributed by atoms with Crippen molar-refractivity contribution in [2.24, 2.45) is 0 Å². The molecule has 0 amide bonds. The van der Waals surface area contributed by atoms with E-state index in [1.54, 1.807) is 31.1 Å². The van der Waals surface area contributed by atoms with Crippen LogP contribution in [0, 0.1) is 0 Å². The third-order valence-corrected chi connectivity index (χ3v) is 5.25. The van der Waals surface area contributed by atoms with Gasteiger partial charge in [0.15, 0.2) is 0 Å². The summed E-state index contributed by atoms with van der Waals surface area (Å²) in [6, 6.07) is 13.6. The van der Waals surface area contributed by atoms with Crippen LogP contribution in [0.5, 0.6) is 5.75 Å². The number of aromatic nitrogens is 4. The van der Waals surface area contributed by atoms with Crippen molar-refractivity contribution in [3.8, 4) is 11.4 Å². The fraction of sp³-hybridized carbons (Fsp3) is 0.182. The van der Waals surface area contributed by atoms with Gasteiger partial charge in [-0.1, -0.05) is 29.3 Å². The lowest BCUT2D eigenvalue weighted by Gasteiger charge is -2.20. The van der Waals surface area contributed by atoms with E-state index in [0.717, 1.165) is 29.8 Å². The van der Waals surface area contributed by atoms with E-state index in [1.165, 1.54) is 0 Å². The van der Waals surface area contributed by atoms with Crippen LogP contribution in [-0.4, -0.2) is 25.2 Å². The second-order valence-electron chi connectivity index (χ2n) is 6.74. The van der Waals surface area contributed by atoms with Gasteiger partial charge in [-0.05, 0) is 54.8 Å². The van der Waals surface area contributed by atoms with Crippen molar-refractivity contribution < 1.29 is 4.74 Å². The molecule has 0 fully saturated rings. The van der Waals surface area contributed by atoms with Crippen molar-refractivity contribution in [3.63, 3.8) is 0 Å². The molecule has 0 aliphatic carbocycles. The lowest BCUT2D eigenvalue weighted by molar-refractivity contribution is 0.170. The van der Waals surface area contributed by atoms with E-state index in [0.29, 0.717) is 16.6 Å². The number of halogens is 2. The zero-order valence-corrected chi connectivity index (χ0v) is 17.2. The van der Waals surface area contributed by atoms with E-state index in [4.69, 9.17) is 27.9 Å². The van der Waals surface area contributed by atoms with E-state index in [9.17, 15) is 0 Å². The zero-order valence-electron chi connectivity index (χ0n) is 15.7. The first-order chi connectivity index (χ1) is 14.2. The highest BCUT2D eigenvalue weighted by molar-refractivity contribution is 6.35. The van der Waals surface area contributed by atoms with Crippen LogP contribution in [0.3, 0.4) is 0 Å². The van der Waals surface area contributed by atoms with Crippen LogP contribution in [0.4, 0.5) is 0 Å². The van der Waals surface area contributed by atoms with Crippen molar-refractivity contribution in [1.29, 1.82) is 0 Å². The molecule has 2 aromatic carbocycles. The summed E-state index contributed by atoms with van der Waals surface area (Å²) in [5.41, 5.74) is 2.10. The molecule has 148 valence electrons. The lowest BCUT2D eigenvalue weighted by Crippen LogP contribution is -2.23. The summed E-state index contributed by atoms with van der Waals surface area (Å²) in [7, 11) is 0. The Morgan fingerprint density at radius 2 is 1.72 bits per heavy atom. The Kier molecular flexibility index (Phi) is 6.17. The molecule has 0 saturated heterocycles. The minimum atomic E-state index is -0.0324. The minimum Gasteiger partial charge on any atom is -0.489 e. The van der Waals surface area contributed by atoms with Crippen molar-refractivity contribution in [2.45, 2.75) is 25.5 Å². The number of ether oxygens (including phenoxy) is 1. The fourth-order valence-electron chi connectivity index (χ4n) is 3.16. The Hall–Kier alpha value is -2.76. The third kappa shape index (κ3) is 5.19. The van der Waals surface area contributed by atoms with Gasteiger partial charge in [-0.2, -0.15) is 0 Å². The highest BCUT2D eigenvalue weighted by atomic mass is 35.5. The summed E-state index contributed by atoms with van der Waals surface area (Å²) in [6.07, 6.45) is 12.5. The van der Waals surface area contributed by atoms with Gasteiger partial charge >= 0.3 is 0 Å². The van der Waals surface area contributed by atoms with Gasteiger partial charge in [0, 0.05) is 40.5 Å². The van der Waals surface area contributed by atoms with E-state index in [-0.39, 0.29) is 6.10 Å². The molecular formula is C22H20Cl2N4O. The molecule has 1 unspecified atom stereocenters. The van der Waals surface area contributed by atoms with Crippen LogP contribution in [0.25, 0.3) is 5.69 Å². The molecule has 0 aliphatic heterocycles. The van der Waals surface area contributed by atoms with Gasteiger partial charge in [0.05, 0.1) is 19.2 Å². The predicted molar refractivity (Wildman–Crippen MR) is 115 cm³/mol. The number of rotatable bonds is 8. The Bertz CT molecular complexity index is 1030. The molecule has 0 radical (unpaired) electrons. The van der Waals surface area contributed by atoms with E-state index < -0.39 is 0 Å². The molecular weight excluding hydrogens is 407 g/mol. The van der Waals surface area contributed by atoms with Gasteiger partial charge < -0.3 is 13.9 Å². The molecule has 2 heterocycles. The first-order valence-corrected chi connectivity index (χ1v) is 10.1. The van der Waals surface area contributed by atoms with Crippen LogP contribution >= 0.6 is 23.2 Å². The Morgan fingerprint density at radius 3 is 2.41 bits per heavy atom. The monoisotopic (exact) mass is 426 g/mol. The Morgan fingerprint density at radius 1 is 0.931 bits per heavy atom. The van der Waals surface area contributed by atoms with Gasteiger partial charge in [0.2, 0.25) is 0 Å². The quantitative estimate of drug-likeness (QED) is 0.375. The van der Waals surface area contributed by atoms with Gasteiger partial charge in [-0.15, -0.1) is 0 Å². The van der Waals surface area contributed by atoms with Crippen molar-refractivity contribution >= 4 is 23.2 Å². The molecule has 1 atom stereocenters. The summed E-state index contributed by atoms with van der Waals surface area (Å²) < 4.78 is 10.3. The molecule has 0 aliphatic rings. The maximum Gasteiger partial charge on any atom is 0.119 e. The SMILES string of the molecule is Clc1ccc(CCC(Cn2ccnc2)Oc2ccc(-n3ccnc3)cc2)c(Cl)c1. The minimum absolute atomic E-state index is 0.0324. The molecule has 4 rings (SSSR count). The molecule has 5 nitrogen and oxygen atoms in total. The molecule has 29 heavy (non-hydrogen) atoms. The zero-order chi connectivity index (χ0) is 20.1. The second-order valence-corrected chi connectivity index (χ2v) is 7.58. The summed E-state index contributed by atoms with van der Waals surface area (Å²) in [5, 5.41) is 1.33. The van der Waals surface area contributed by atoms with Gasteiger partial charge in [-0.25, -0.2) is 9.97 Å². The summed E-state index contributed by atoms with van der Waals surface area (Å²) >= 11 is 12.3. The van der Waals surface area contributed by atoms with Gasteiger partial charge in [0.1, 0.15) is 11.9 Å². The number of aryl methyl sites for hydroxylation is 1. The largest absolute Gasteiger partial charge is 0.489 e. The summed E-state index contributed by atoms with van der Waals surface area (Å²) in [4.78, 5) is 8.21. The molecule has 0 spiro atoms. The smallest absolute Gasteiger partial charge is 0.119 e. The summed E-state index contributed by atoms with van der Waals surface area (Å²) in [6.45, 7) is 0.703. The van der Waals surface area contributed by atoms with Crippen molar-refractivity contribution in [3.05, 3.63) is 95.5 Å². The van der Waals surface area contributed by atoms with Crippen LogP contribution in [0.1, 0.15) is 12.0 Å². The third-order valence-electron chi connectivity index (χ3n) is 4.67. The van der Waals surface area contributed by atoms with Crippen LogP contribution in [0.2, 0.25) is 10.0 Å². The highest BCUT2D eigenvalue weighted by Crippen LogP contribution is 2.24. The average Bonchev–Trinajstić information content (AvgIpc) is 3.42. The van der Waals surface area contributed by atoms with Crippen molar-refractivity contribution in [1.82, 2.24) is 19.1 Å². The van der Waals surface area contributed by atoms with E-state index in [2.05, 4.69) is 9.97 Å². The highest BCUT2D eigenvalue weighted by Gasteiger charge is 2.14. The molecule has 0 saturated carbocycles. The lowest BCUT2D eigenvalue weighted by atomic mass is 10.1. The maximum atomic E-state index is 6.33. The number of benzene rings is 2. The number of nitrogens with zero attached hydrogens (tertiary/aromatic N) is 4. The fourth-order valence-corrected chi connectivity index (χ4v) is 3.66. The predicted octanol–water partition coefficient (Wildman–Crippen LogP) is 5.46. The van der Waals surface area contributed by atoms with Crippen LogP contribution in [0.15, 0.2) is 79.9 Å². The number of hydrogen-bond acceptors (Lipinski definition) is 3. The van der Waals surface area contributed by atoms with E-state index in [1.807, 2.05) is 57.9 Å². The normalized spacial score (nSPS) is 12.1. The topological polar surface area (TPSA) is 44.9 Å². The Labute approximate surface area is 179 Å². The maximum absolute atomic E-state index is 6.33. The molecule has 7 heteroatoms. The average molecular weight is 427 g/mol. The summed E-state index contributed by atoms with van der Waals surface area (Å²) in [5.74, 6) is 0.821. The Balaban J connectivity index is 1.46. The molecule has 0 N–H and O–H groups in total. The van der Waals surface area contributed by atoms with E-state index >= 15 is 0 Å². The van der Waals surface area contributed by atoms with Gasteiger partial charge in [0.25, 0.3) is 0 Å².